The standard InChI is InChI=1S/C24H17Cl3FN3O2/c25-17-8-9-23(21(27)10-17)33-14-15-4-6-16(7-5-15)24(32)30-18-11-29-31(12-18)13-19-20(26)2-1-3-22(19)28/h1-12H,13-14H2,(H,30,32). The first-order valence-corrected chi connectivity index (χ1v) is 11.0. The largest absolute Gasteiger partial charge is 0.487 e. The van der Waals surface area contributed by atoms with E-state index in [2.05, 4.69) is 10.4 Å². The average molecular weight is 505 g/mol. The lowest BCUT2D eigenvalue weighted by atomic mass is 10.1. The third-order valence-electron chi connectivity index (χ3n) is 4.78. The Morgan fingerprint density at radius 2 is 1.82 bits per heavy atom. The van der Waals surface area contributed by atoms with Gasteiger partial charge in [0, 0.05) is 27.4 Å². The van der Waals surface area contributed by atoms with Crippen LogP contribution in [0.15, 0.2) is 73.1 Å². The molecule has 9 heteroatoms. The maximum absolute atomic E-state index is 14.0. The number of rotatable bonds is 7. The van der Waals surface area contributed by atoms with E-state index in [0.29, 0.717) is 37.6 Å². The topological polar surface area (TPSA) is 56.2 Å². The zero-order valence-electron chi connectivity index (χ0n) is 17.1. The predicted octanol–water partition coefficient (Wildman–Crippen LogP) is 6.86. The number of hydrogen-bond acceptors (Lipinski definition) is 3. The second-order valence-electron chi connectivity index (χ2n) is 7.14. The summed E-state index contributed by atoms with van der Waals surface area (Å²) in [6.07, 6.45) is 3.10. The van der Waals surface area contributed by atoms with Crippen molar-refractivity contribution < 1.29 is 13.9 Å². The summed E-state index contributed by atoms with van der Waals surface area (Å²) >= 11 is 18.1. The van der Waals surface area contributed by atoms with Crippen molar-refractivity contribution in [1.82, 2.24) is 9.78 Å². The number of hydrogen-bond donors (Lipinski definition) is 1. The van der Waals surface area contributed by atoms with Crippen LogP contribution in [0.3, 0.4) is 0 Å². The van der Waals surface area contributed by atoms with Crippen molar-refractivity contribution in [1.29, 1.82) is 0 Å². The van der Waals surface area contributed by atoms with Crippen molar-refractivity contribution in [3.8, 4) is 5.75 Å². The van der Waals surface area contributed by atoms with E-state index in [9.17, 15) is 9.18 Å². The Kier molecular flexibility index (Phi) is 7.18. The van der Waals surface area contributed by atoms with Gasteiger partial charge in [-0.2, -0.15) is 5.10 Å². The molecule has 0 saturated carbocycles. The number of halogens is 4. The number of amides is 1. The Hall–Kier alpha value is -3.06. The van der Waals surface area contributed by atoms with Gasteiger partial charge in [0.05, 0.1) is 23.5 Å². The molecule has 0 fully saturated rings. The van der Waals surface area contributed by atoms with Crippen LogP contribution in [0.4, 0.5) is 10.1 Å². The molecule has 0 aliphatic rings. The summed E-state index contributed by atoms with van der Waals surface area (Å²) in [5.74, 6) is -0.186. The third kappa shape index (κ3) is 5.85. The number of carbonyl (C=O) groups excluding carboxylic acids is 1. The number of aromatic nitrogens is 2. The summed E-state index contributed by atoms with van der Waals surface area (Å²) in [5.41, 5.74) is 2.15. The number of carbonyl (C=O) groups is 1. The Balaban J connectivity index is 1.35. The molecule has 1 heterocycles. The lowest BCUT2D eigenvalue weighted by Gasteiger charge is -2.09. The molecule has 0 radical (unpaired) electrons. The van der Waals surface area contributed by atoms with Gasteiger partial charge in [0.25, 0.3) is 5.91 Å². The molecular weight excluding hydrogens is 488 g/mol. The number of nitrogens with zero attached hydrogens (tertiary/aromatic N) is 2. The van der Waals surface area contributed by atoms with Gasteiger partial charge >= 0.3 is 0 Å². The van der Waals surface area contributed by atoms with Crippen LogP contribution in [0.2, 0.25) is 15.1 Å². The molecule has 33 heavy (non-hydrogen) atoms. The molecule has 0 unspecified atom stereocenters. The molecule has 0 spiro atoms. The van der Waals surface area contributed by atoms with Gasteiger partial charge in [-0.15, -0.1) is 0 Å². The molecule has 0 bridgehead atoms. The van der Waals surface area contributed by atoms with Crippen molar-refractivity contribution >= 4 is 46.4 Å². The maximum atomic E-state index is 14.0. The van der Waals surface area contributed by atoms with Gasteiger partial charge in [0.1, 0.15) is 18.2 Å². The summed E-state index contributed by atoms with van der Waals surface area (Å²) < 4.78 is 21.2. The summed E-state index contributed by atoms with van der Waals surface area (Å²) in [6, 6.07) is 16.5. The smallest absolute Gasteiger partial charge is 0.255 e. The van der Waals surface area contributed by atoms with Gasteiger partial charge in [-0.1, -0.05) is 53.0 Å². The first-order chi connectivity index (χ1) is 15.9. The van der Waals surface area contributed by atoms with Crippen molar-refractivity contribution in [2.75, 3.05) is 5.32 Å². The number of nitrogens with one attached hydrogen (secondary N) is 1. The SMILES string of the molecule is O=C(Nc1cnn(Cc2c(F)cccc2Cl)c1)c1ccc(COc2ccc(Cl)cc2Cl)cc1. The van der Waals surface area contributed by atoms with Gasteiger partial charge in [-0.25, -0.2) is 4.39 Å². The monoisotopic (exact) mass is 503 g/mol. The molecule has 0 aliphatic heterocycles. The molecule has 1 amide bonds. The van der Waals surface area contributed by atoms with E-state index in [1.165, 1.54) is 16.9 Å². The van der Waals surface area contributed by atoms with Crippen molar-refractivity contribution in [2.24, 2.45) is 0 Å². The molecule has 4 rings (SSSR count). The van der Waals surface area contributed by atoms with Gasteiger partial charge in [0.2, 0.25) is 0 Å². The second kappa shape index (κ2) is 10.3. The molecule has 0 atom stereocenters. The molecule has 1 N–H and O–H groups in total. The number of benzene rings is 3. The van der Waals surface area contributed by atoms with Crippen molar-refractivity contribution in [3.63, 3.8) is 0 Å². The minimum Gasteiger partial charge on any atom is -0.487 e. The van der Waals surface area contributed by atoms with Crippen LogP contribution in [0.25, 0.3) is 0 Å². The summed E-state index contributed by atoms with van der Waals surface area (Å²) in [7, 11) is 0. The van der Waals surface area contributed by atoms with Gasteiger partial charge in [-0.3, -0.25) is 9.48 Å². The zero-order valence-corrected chi connectivity index (χ0v) is 19.3. The fourth-order valence-corrected chi connectivity index (χ4v) is 3.75. The highest BCUT2D eigenvalue weighted by molar-refractivity contribution is 6.35. The van der Waals surface area contributed by atoms with Crippen LogP contribution in [-0.2, 0) is 13.2 Å². The minimum absolute atomic E-state index is 0.147. The Labute approximate surface area is 204 Å². The number of anilines is 1. The number of ether oxygens (including phenoxy) is 1. The van der Waals surface area contributed by atoms with E-state index in [1.807, 2.05) is 0 Å². The first kappa shape index (κ1) is 23.1. The summed E-state index contributed by atoms with van der Waals surface area (Å²) in [6.45, 7) is 0.433. The highest BCUT2D eigenvalue weighted by Gasteiger charge is 2.11. The van der Waals surface area contributed by atoms with Crippen LogP contribution in [0, 0.1) is 5.82 Å². The molecule has 168 valence electrons. The van der Waals surface area contributed by atoms with Crippen LogP contribution in [-0.4, -0.2) is 15.7 Å². The molecule has 4 aromatic rings. The van der Waals surface area contributed by atoms with E-state index in [4.69, 9.17) is 39.5 Å². The van der Waals surface area contributed by atoms with Gasteiger partial charge < -0.3 is 10.1 Å². The van der Waals surface area contributed by atoms with Gasteiger partial charge in [-0.05, 0) is 48.0 Å². The summed E-state index contributed by atoms with van der Waals surface area (Å²) in [4.78, 5) is 12.6. The average Bonchev–Trinajstić information content (AvgIpc) is 3.23. The van der Waals surface area contributed by atoms with Crippen molar-refractivity contribution in [2.45, 2.75) is 13.2 Å². The normalized spacial score (nSPS) is 10.8. The molecule has 0 saturated heterocycles. The van der Waals surface area contributed by atoms with Crippen LogP contribution in [0.5, 0.6) is 5.75 Å². The fraction of sp³-hybridized carbons (Fsp3) is 0.0833. The van der Waals surface area contributed by atoms with E-state index in [1.54, 1.807) is 60.8 Å². The summed E-state index contributed by atoms with van der Waals surface area (Å²) in [5, 5.41) is 8.21. The van der Waals surface area contributed by atoms with E-state index < -0.39 is 5.82 Å². The van der Waals surface area contributed by atoms with E-state index in [-0.39, 0.29) is 19.1 Å². The highest BCUT2D eigenvalue weighted by Crippen LogP contribution is 2.28. The van der Waals surface area contributed by atoms with E-state index in [0.717, 1.165) is 5.56 Å². The predicted molar refractivity (Wildman–Crippen MR) is 128 cm³/mol. The Bertz CT molecular complexity index is 1270. The highest BCUT2D eigenvalue weighted by atomic mass is 35.5. The first-order valence-electron chi connectivity index (χ1n) is 9.82. The maximum Gasteiger partial charge on any atom is 0.255 e. The third-order valence-corrected chi connectivity index (χ3v) is 5.66. The van der Waals surface area contributed by atoms with Gasteiger partial charge in [0.15, 0.2) is 0 Å². The lowest BCUT2D eigenvalue weighted by Crippen LogP contribution is -2.11. The molecule has 1 aromatic heterocycles. The van der Waals surface area contributed by atoms with Crippen LogP contribution < -0.4 is 10.1 Å². The molecule has 3 aromatic carbocycles. The minimum atomic E-state index is -0.411. The van der Waals surface area contributed by atoms with E-state index >= 15 is 0 Å². The quantitative estimate of drug-likeness (QED) is 0.299. The Morgan fingerprint density at radius 3 is 2.55 bits per heavy atom. The molecule has 5 nitrogen and oxygen atoms in total. The second-order valence-corrected chi connectivity index (χ2v) is 8.39. The molecular formula is C24H17Cl3FN3O2. The van der Waals surface area contributed by atoms with Crippen LogP contribution in [0.1, 0.15) is 21.5 Å². The zero-order chi connectivity index (χ0) is 23.4. The Morgan fingerprint density at radius 1 is 1.03 bits per heavy atom. The molecule has 0 aliphatic carbocycles. The van der Waals surface area contributed by atoms with Crippen molar-refractivity contribution in [3.05, 3.63) is 111 Å². The lowest BCUT2D eigenvalue weighted by molar-refractivity contribution is 0.102. The fourth-order valence-electron chi connectivity index (χ4n) is 3.07. The van der Waals surface area contributed by atoms with Crippen LogP contribution >= 0.6 is 34.8 Å².